The van der Waals surface area contributed by atoms with Crippen LogP contribution in [-0.4, -0.2) is 21.6 Å². The van der Waals surface area contributed by atoms with Gasteiger partial charge in [0.1, 0.15) is 5.15 Å². The SMILES string of the molecule is O=Cc1c(Cl)nc(=O)n2c1SCC2. The molecule has 1 aromatic rings. The number of hydrogen-bond donors (Lipinski definition) is 0. The molecule has 0 atom stereocenters. The molecule has 13 heavy (non-hydrogen) atoms. The molecule has 6 heteroatoms. The summed E-state index contributed by atoms with van der Waals surface area (Å²) >= 11 is 7.10. The van der Waals surface area contributed by atoms with E-state index < -0.39 is 0 Å². The quantitative estimate of drug-likeness (QED) is 0.515. The van der Waals surface area contributed by atoms with Crippen LogP contribution in [-0.2, 0) is 6.54 Å². The van der Waals surface area contributed by atoms with Gasteiger partial charge in [-0.3, -0.25) is 9.36 Å². The summed E-state index contributed by atoms with van der Waals surface area (Å²) in [5.74, 6) is 0.790. The zero-order valence-electron chi connectivity index (χ0n) is 6.49. The van der Waals surface area contributed by atoms with Crippen molar-refractivity contribution in [3.8, 4) is 0 Å². The number of fused-ring (bicyclic) bond motifs is 1. The first kappa shape index (κ1) is 8.77. The largest absolute Gasteiger partial charge is 0.349 e. The predicted molar refractivity (Wildman–Crippen MR) is 49.6 cm³/mol. The van der Waals surface area contributed by atoms with Crippen LogP contribution in [0.15, 0.2) is 9.82 Å². The average Bonchev–Trinajstić information content (AvgIpc) is 2.53. The Bertz CT molecular complexity index is 429. The molecule has 0 saturated heterocycles. The van der Waals surface area contributed by atoms with Gasteiger partial charge in [0.25, 0.3) is 0 Å². The van der Waals surface area contributed by atoms with Crippen LogP contribution in [0.1, 0.15) is 10.4 Å². The predicted octanol–water partition coefficient (Wildman–Crippen LogP) is 0.815. The Morgan fingerprint density at radius 2 is 2.38 bits per heavy atom. The number of aromatic nitrogens is 2. The Morgan fingerprint density at radius 1 is 1.62 bits per heavy atom. The van der Waals surface area contributed by atoms with Gasteiger partial charge in [-0.25, -0.2) is 4.79 Å². The number of carbonyl (C=O) groups excluding carboxylic acids is 1. The van der Waals surface area contributed by atoms with Gasteiger partial charge in [-0.15, -0.1) is 11.8 Å². The molecule has 0 aliphatic carbocycles. The Labute approximate surface area is 82.9 Å². The summed E-state index contributed by atoms with van der Waals surface area (Å²) in [5, 5.41) is 0.639. The molecule has 2 rings (SSSR count). The Hall–Kier alpha value is -0.810. The highest BCUT2D eigenvalue weighted by Crippen LogP contribution is 2.28. The second-order valence-corrected chi connectivity index (χ2v) is 3.96. The van der Waals surface area contributed by atoms with Crippen molar-refractivity contribution >= 4 is 29.6 Å². The van der Waals surface area contributed by atoms with E-state index >= 15 is 0 Å². The van der Waals surface area contributed by atoms with Crippen molar-refractivity contribution in [3.05, 3.63) is 21.2 Å². The lowest BCUT2D eigenvalue weighted by Crippen LogP contribution is -2.23. The third-order valence-electron chi connectivity index (χ3n) is 1.79. The lowest BCUT2D eigenvalue weighted by Gasteiger charge is -2.03. The van der Waals surface area contributed by atoms with Gasteiger partial charge in [-0.05, 0) is 0 Å². The van der Waals surface area contributed by atoms with Gasteiger partial charge < -0.3 is 0 Å². The third kappa shape index (κ3) is 1.28. The zero-order valence-corrected chi connectivity index (χ0v) is 8.06. The van der Waals surface area contributed by atoms with Crippen molar-refractivity contribution in [1.29, 1.82) is 0 Å². The van der Waals surface area contributed by atoms with Crippen LogP contribution in [0.25, 0.3) is 0 Å². The number of aldehydes is 1. The standard InChI is InChI=1S/C7H5ClN2O2S/c8-5-4(3-11)6-10(1-2-13-6)7(12)9-5/h3H,1-2H2. The fourth-order valence-corrected chi connectivity index (χ4v) is 2.57. The maximum atomic E-state index is 11.2. The topological polar surface area (TPSA) is 52.0 Å². The van der Waals surface area contributed by atoms with Crippen molar-refractivity contribution in [1.82, 2.24) is 9.55 Å². The molecule has 4 nitrogen and oxygen atoms in total. The van der Waals surface area contributed by atoms with Gasteiger partial charge in [0.2, 0.25) is 0 Å². The van der Waals surface area contributed by atoms with Crippen LogP contribution in [0.5, 0.6) is 0 Å². The molecule has 1 aliphatic rings. The maximum Gasteiger partial charge on any atom is 0.349 e. The van der Waals surface area contributed by atoms with Gasteiger partial charge >= 0.3 is 5.69 Å². The minimum atomic E-state index is -0.379. The van der Waals surface area contributed by atoms with Crippen LogP contribution >= 0.6 is 23.4 Å². The molecule has 0 N–H and O–H groups in total. The van der Waals surface area contributed by atoms with Gasteiger partial charge in [0, 0.05) is 12.3 Å². The van der Waals surface area contributed by atoms with Crippen molar-refractivity contribution in [2.45, 2.75) is 11.6 Å². The van der Waals surface area contributed by atoms with Gasteiger partial charge in [-0.1, -0.05) is 11.6 Å². The van der Waals surface area contributed by atoms with Gasteiger partial charge in [0.15, 0.2) is 6.29 Å². The number of hydrogen-bond acceptors (Lipinski definition) is 4. The molecule has 0 aromatic carbocycles. The number of halogens is 1. The normalized spacial score (nSPS) is 14.2. The molecule has 0 unspecified atom stereocenters. The second kappa shape index (κ2) is 3.16. The van der Waals surface area contributed by atoms with Crippen LogP contribution in [0.3, 0.4) is 0 Å². The fourth-order valence-electron chi connectivity index (χ4n) is 1.21. The van der Waals surface area contributed by atoms with Crippen molar-refractivity contribution in [3.63, 3.8) is 0 Å². The molecule has 0 bridgehead atoms. The summed E-state index contributed by atoms with van der Waals surface area (Å²) in [6.07, 6.45) is 0.638. The van der Waals surface area contributed by atoms with E-state index in [9.17, 15) is 9.59 Å². The van der Waals surface area contributed by atoms with Crippen LogP contribution in [0, 0.1) is 0 Å². The van der Waals surface area contributed by atoms with E-state index in [2.05, 4.69) is 4.98 Å². The number of rotatable bonds is 1. The summed E-state index contributed by atoms with van der Waals surface area (Å²) < 4.78 is 1.47. The lowest BCUT2D eigenvalue weighted by molar-refractivity contribution is 0.111. The van der Waals surface area contributed by atoms with Crippen LogP contribution in [0.2, 0.25) is 5.15 Å². The molecule has 1 aromatic heterocycles. The minimum Gasteiger partial charge on any atom is -0.298 e. The molecule has 0 saturated carbocycles. The van der Waals surface area contributed by atoms with E-state index in [1.165, 1.54) is 16.3 Å². The van der Waals surface area contributed by atoms with Crippen LogP contribution < -0.4 is 5.69 Å². The Morgan fingerprint density at radius 3 is 3.08 bits per heavy atom. The molecular formula is C7H5ClN2O2S. The van der Waals surface area contributed by atoms with E-state index in [0.29, 0.717) is 23.4 Å². The number of thioether (sulfide) groups is 1. The molecule has 1 aliphatic heterocycles. The zero-order chi connectivity index (χ0) is 9.42. The highest BCUT2D eigenvalue weighted by molar-refractivity contribution is 7.99. The van der Waals surface area contributed by atoms with Gasteiger partial charge in [-0.2, -0.15) is 4.98 Å². The molecule has 0 radical (unpaired) electrons. The molecule has 2 heterocycles. The van der Waals surface area contributed by atoms with Crippen LogP contribution in [0.4, 0.5) is 0 Å². The van der Waals surface area contributed by atoms with Crippen molar-refractivity contribution in [2.75, 3.05) is 5.75 Å². The van der Waals surface area contributed by atoms with Crippen molar-refractivity contribution in [2.24, 2.45) is 0 Å². The fraction of sp³-hybridized carbons (Fsp3) is 0.286. The average molecular weight is 217 g/mol. The Kier molecular flexibility index (Phi) is 2.13. The molecule has 0 fully saturated rings. The number of nitrogens with zero attached hydrogens (tertiary/aromatic N) is 2. The van der Waals surface area contributed by atoms with E-state index in [4.69, 9.17) is 11.6 Å². The first-order valence-electron chi connectivity index (χ1n) is 3.62. The summed E-state index contributed by atoms with van der Waals surface area (Å²) in [6.45, 7) is 0.601. The maximum absolute atomic E-state index is 11.2. The molecule has 0 amide bonds. The summed E-state index contributed by atoms with van der Waals surface area (Å²) in [5.41, 5.74) is -0.0561. The van der Waals surface area contributed by atoms with Crippen molar-refractivity contribution < 1.29 is 4.79 Å². The Balaban J connectivity index is 2.79. The highest BCUT2D eigenvalue weighted by atomic mass is 35.5. The van der Waals surface area contributed by atoms with E-state index in [0.717, 1.165) is 5.75 Å². The number of carbonyl (C=O) groups is 1. The smallest absolute Gasteiger partial charge is 0.298 e. The minimum absolute atomic E-state index is 0.000602. The summed E-state index contributed by atoms with van der Waals surface area (Å²) in [4.78, 5) is 25.4. The molecular weight excluding hydrogens is 212 g/mol. The second-order valence-electron chi connectivity index (χ2n) is 2.52. The first-order chi connectivity index (χ1) is 6.24. The monoisotopic (exact) mass is 216 g/mol. The van der Waals surface area contributed by atoms with E-state index in [1.807, 2.05) is 0 Å². The van der Waals surface area contributed by atoms with E-state index in [-0.39, 0.29) is 10.8 Å². The molecule has 0 spiro atoms. The van der Waals surface area contributed by atoms with Gasteiger partial charge in [0.05, 0.1) is 10.6 Å². The molecule has 68 valence electrons. The van der Waals surface area contributed by atoms with E-state index in [1.54, 1.807) is 0 Å². The highest BCUT2D eigenvalue weighted by Gasteiger charge is 2.20. The summed E-state index contributed by atoms with van der Waals surface area (Å²) in [6, 6.07) is 0. The first-order valence-corrected chi connectivity index (χ1v) is 4.98. The summed E-state index contributed by atoms with van der Waals surface area (Å²) in [7, 11) is 0. The lowest BCUT2D eigenvalue weighted by atomic mass is 10.4. The third-order valence-corrected chi connectivity index (χ3v) is 3.18.